The Morgan fingerprint density at radius 2 is 2.00 bits per heavy atom. The van der Waals surface area contributed by atoms with Crippen LogP contribution < -0.4 is 4.74 Å². The summed E-state index contributed by atoms with van der Waals surface area (Å²) in [6.45, 7) is 6.83. The first-order valence-corrected chi connectivity index (χ1v) is 6.82. The van der Waals surface area contributed by atoms with Crippen LogP contribution in [0.5, 0.6) is 5.75 Å². The summed E-state index contributed by atoms with van der Waals surface area (Å²) in [4.78, 5) is 0. The molecule has 102 valence electrons. The maximum absolute atomic E-state index is 5.96. The van der Waals surface area contributed by atoms with Crippen molar-refractivity contribution >= 4 is 11.6 Å². The summed E-state index contributed by atoms with van der Waals surface area (Å²) in [5.74, 6) is 1.40. The molecule has 0 aliphatic carbocycles. The van der Waals surface area contributed by atoms with E-state index >= 15 is 0 Å². The highest BCUT2D eigenvalue weighted by atomic mass is 35.5. The predicted molar refractivity (Wildman–Crippen MR) is 78.1 cm³/mol. The second kappa shape index (κ2) is 5.66. The van der Waals surface area contributed by atoms with Crippen LogP contribution in [0.25, 0.3) is 0 Å². The number of benzene rings is 1. The van der Waals surface area contributed by atoms with E-state index < -0.39 is 0 Å². The molecule has 0 saturated carbocycles. The first kappa shape index (κ1) is 13.9. The van der Waals surface area contributed by atoms with Gasteiger partial charge in [0.2, 0.25) is 0 Å². The van der Waals surface area contributed by atoms with E-state index in [1.807, 2.05) is 23.7 Å². The number of aryl methyl sites for hydroxylation is 2. The normalized spacial score (nSPS) is 10.8. The molecule has 0 amide bonds. The van der Waals surface area contributed by atoms with E-state index in [4.69, 9.17) is 16.3 Å². The highest BCUT2D eigenvalue weighted by Crippen LogP contribution is 2.23. The van der Waals surface area contributed by atoms with Gasteiger partial charge < -0.3 is 4.74 Å². The minimum absolute atomic E-state index is 0.503. The van der Waals surface area contributed by atoms with Gasteiger partial charge in [0.25, 0.3) is 0 Å². The van der Waals surface area contributed by atoms with Crippen LogP contribution in [0.3, 0.4) is 0 Å². The van der Waals surface area contributed by atoms with Gasteiger partial charge in [-0.05, 0) is 26.8 Å². The molecule has 19 heavy (non-hydrogen) atoms. The summed E-state index contributed by atoms with van der Waals surface area (Å²) in [6, 6.07) is 6.18. The number of hydrogen-bond acceptors (Lipinski definition) is 2. The van der Waals surface area contributed by atoms with E-state index in [1.54, 1.807) is 7.11 Å². The average molecular weight is 279 g/mol. The van der Waals surface area contributed by atoms with Gasteiger partial charge in [0.1, 0.15) is 5.75 Å². The molecule has 0 spiro atoms. The van der Waals surface area contributed by atoms with Gasteiger partial charge in [0, 0.05) is 16.8 Å². The largest absolute Gasteiger partial charge is 0.496 e. The van der Waals surface area contributed by atoms with Crippen LogP contribution in [0.15, 0.2) is 18.2 Å². The van der Waals surface area contributed by atoms with E-state index in [0.29, 0.717) is 12.4 Å². The molecular weight excluding hydrogens is 260 g/mol. The quantitative estimate of drug-likeness (QED) is 0.799. The van der Waals surface area contributed by atoms with Gasteiger partial charge in [-0.1, -0.05) is 17.7 Å². The Labute approximate surface area is 119 Å². The molecule has 1 aromatic carbocycles. The monoisotopic (exact) mass is 278 g/mol. The van der Waals surface area contributed by atoms with Gasteiger partial charge in [0.05, 0.1) is 25.2 Å². The van der Waals surface area contributed by atoms with Crippen LogP contribution in [0.1, 0.15) is 28.1 Å². The van der Waals surface area contributed by atoms with E-state index in [1.165, 1.54) is 5.56 Å². The molecule has 0 unspecified atom stereocenters. The fourth-order valence-corrected chi connectivity index (χ4v) is 2.66. The maximum Gasteiger partial charge on any atom is 0.123 e. The lowest BCUT2D eigenvalue weighted by molar-refractivity contribution is 0.407. The van der Waals surface area contributed by atoms with Crippen LogP contribution in [0.4, 0.5) is 0 Å². The van der Waals surface area contributed by atoms with Crippen molar-refractivity contribution in [3.63, 3.8) is 0 Å². The SMILES string of the molecule is COc1ccc(C)cc1Cn1nc(C)c(CCl)c1C. The van der Waals surface area contributed by atoms with Gasteiger partial charge >= 0.3 is 0 Å². The number of halogens is 1. The van der Waals surface area contributed by atoms with Crippen molar-refractivity contribution in [2.75, 3.05) is 7.11 Å². The Morgan fingerprint density at radius 1 is 1.26 bits per heavy atom. The lowest BCUT2D eigenvalue weighted by Crippen LogP contribution is -2.06. The van der Waals surface area contributed by atoms with Crippen molar-refractivity contribution in [2.45, 2.75) is 33.2 Å². The first-order valence-electron chi connectivity index (χ1n) is 6.29. The number of rotatable bonds is 4. The summed E-state index contributed by atoms with van der Waals surface area (Å²) >= 11 is 5.96. The molecule has 0 bridgehead atoms. The molecule has 2 aromatic rings. The van der Waals surface area contributed by atoms with Crippen molar-refractivity contribution in [3.05, 3.63) is 46.3 Å². The topological polar surface area (TPSA) is 27.1 Å². The molecule has 0 radical (unpaired) electrons. The average Bonchev–Trinajstić information content (AvgIpc) is 2.64. The second-order valence-electron chi connectivity index (χ2n) is 4.76. The smallest absolute Gasteiger partial charge is 0.123 e. The lowest BCUT2D eigenvalue weighted by Gasteiger charge is -2.11. The minimum atomic E-state index is 0.503. The standard InChI is InChI=1S/C15H19ClN2O/c1-10-5-6-15(19-4)13(7-10)9-18-12(3)14(8-16)11(2)17-18/h5-7H,8-9H2,1-4H3. The van der Waals surface area contributed by atoms with Crippen LogP contribution in [-0.2, 0) is 12.4 Å². The number of ether oxygens (including phenoxy) is 1. The Balaban J connectivity index is 2.38. The zero-order chi connectivity index (χ0) is 14.0. The number of methoxy groups -OCH3 is 1. The number of hydrogen-bond donors (Lipinski definition) is 0. The number of aromatic nitrogens is 2. The fourth-order valence-electron chi connectivity index (χ4n) is 2.27. The molecule has 0 atom stereocenters. The molecule has 3 nitrogen and oxygen atoms in total. The van der Waals surface area contributed by atoms with Crippen LogP contribution >= 0.6 is 11.6 Å². The van der Waals surface area contributed by atoms with Crippen molar-refractivity contribution in [1.82, 2.24) is 9.78 Å². The maximum atomic E-state index is 5.96. The zero-order valence-corrected chi connectivity index (χ0v) is 12.6. The van der Waals surface area contributed by atoms with Gasteiger partial charge in [-0.25, -0.2) is 0 Å². The zero-order valence-electron chi connectivity index (χ0n) is 11.8. The Kier molecular flexibility index (Phi) is 4.15. The highest BCUT2D eigenvalue weighted by molar-refractivity contribution is 6.17. The van der Waals surface area contributed by atoms with Gasteiger partial charge in [-0.2, -0.15) is 5.10 Å². The molecule has 2 rings (SSSR count). The molecular formula is C15H19ClN2O. The summed E-state index contributed by atoms with van der Waals surface area (Å²) < 4.78 is 7.40. The third kappa shape index (κ3) is 2.76. The summed E-state index contributed by atoms with van der Waals surface area (Å²) in [7, 11) is 1.69. The van der Waals surface area contributed by atoms with Crippen molar-refractivity contribution in [3.8, 4) is 5.75 Å². The van der Waals surface area contributed by atoms with E-state index in [0.717, 1.165) is 28.3 Å². The van der Waals surface area contributed by atoms with Crippen LogP contribution in [0, 0.1) is 20.8 Å². The predicted octanol–water partition coefficient (Wildman–Crippen LogP) is 3.60. The Hall–Kier alpha value is -1.48. The summed E-state index contributed by atoms with van der Waals surface area (Å²) in [6.07, 6.45) is 0. The van der Waals surface area contributed by atoms with E-state index in [9.17, 15) is 0 Å². The van der Waals surface area contributed by atoms with Gasteiger partial charge in [-0.3, -0.25) is 4.68 Å². The van der Waals surface area contributed by atoms with Gasteiger partial charge in [0.15, 0.2) is 0 Å². The molecule has 0 fully saturated rings. The third-order valence-electron chi connectivity index (χ3n) is 3.42. The van der Waals surface area contributed by atoms with E-state index in [-0.39, 0.29) is 0 Å². The molecule has 0 N–H and O–H groups in total. The fraction of sp³-hybridized carbons (Fsp3) is 0.400. The van der Waals surface area contributed by atoms with Crippen molar-refractivity contribution in [1.29, 1.82) is 0 Å². The number of alkyl halides is 1. The molecule has 1 aromatic heterocycles. The van der Waals surface area contributed by atoms with Crippen molar-refractivity contribution < 1.29 is 4.74 Å². The second-order valence-corrected chi connectivity index (χ2v) is 5.02. The summed E-state index contributed by atoms with van der Waals surface area (Å²) in [5, 5.41) is 4.56. The van der Waals surface area contributed by atoms with Crippen LogP contribution in [-0.4, -0.2) is 16.9 Å². The van der Waals surface area contributed by atoms with Gasteiger partial charge in [-0.15, -0.1) is 11.6 Å². The summed E-state index contributed by atoms with van der Waals surface area (Å²) in [5.41, 5.74) is 5.59. The molecule has 1 heterocycles. The minimum Gasteiger partial charge on any atom is -0.496 e. The molecule has 4 heteroatoms. The number of nitrogens with zero attached hydrogens (tertiary/aromatic N) is 2. The highest BCUT2D eigenvalue weighted by Gasteiger charge is 2.12. The molecule has 0 aliphatic rings. The Bertz CT molecular complexity index is 590. The molecule has 0 aliphatic heterocycles. The van der Waals surface area contributed by atoms with E-state index in [2.05, 4.69) is 25.0 Å². The molecule has 0 saturated heterocycles. The first-order chi connectivity index (χ1) is 9.06. The van der Waals surface area contributed by atoms with Crippen molar-refractivity contribution in [2.24, 2.45) is 0 Å². The third-order valence-corrected chi connectivity index (χ3v) is 3.69. The lowest BCUT2D eigenvalue weighted by atomic mass is 10.1. The Morgan fingerprint density at radius 3 is 2.58 bits per heavy atom. The van der Waals surface area contributed by atoms with Crippen LogP contribution in [0.2, 0.25) is 0 Å².